The number of nitrogens with one attached hydrogen (secondary N) is 1. The van der Waals surface area contributed by atoms with Gasteiger partial charge in [0.1, 0.15) is 5.82 Å². The number of halogens is 1. The summed E-state index contributed by atoms with van der Waals surface area (Å²) in [5.41, 5.74) is 1.56. The van der Waals surface area contributed by atoms with Crippen LogP contribution in [-0.2, 0) is 14.8 Å². The summed E-state index contributed by atoms with van der Waals surface area (Å²) in [7, 11) is -3.28. The van der Waals surface area contributed by atoms with Gasteiger partial charge in [-0.05, 0) is 24.3 Å². The molecule has 1 aliphatic rings. The first-order chi connectivity index (χ1) is 11.5. The molecule has 24 heavy (non-hydrogen) atoms. The van der Waals surface area contributed by atoms with Crippen molar-refractivity contribution >= 4 is 26.5 Å². The normalized spacial score (nSPS) is 16.2. The Kier molecular flexibility index (Phi) is 5.44. The highest BCUT2D eigenvalue weighted by molar-refractivity contribution is 7.89. The van der Waals surface area contributed by atoms with Gasteiger partial charge in [0, 0.05) is 30.6 Å². The van der Waals surface area contributed by atoms with E-state index in [4.69, 9.17) is 4.74 Å². The summed E-state index contributed by atoms with van der Waals surface area (Å²) in [5.74, 6) is -0.279. The molecule has 130 valence electrons. The largest absolute Gasteiger partial charge is 0.379 e. The highest BCUT2D eigenvalue weighted by Gasteiger charge is 2.23. The Morgan fingerprint density at radius 2 is 1.96 bits per heavy atom. The fraction of sp³-hybridized carbons (Fsp3) is 0.400. The molecule has 2 aromatic rings. The van der Waals surface area contributed by atoms with E-state index in [2.05, 4.69) is 10.3 Å². The average molecular weight is 371 g/mol. The van der Waals surface area contributed by atoms with Crippen LogP contribution < -0.4 is 5.32 Å². The Balaban J connectivity index is 1.54. The van der Waals surface area contributed by atoms with Crippen molar-refractivity contribution < 1.29 is 17.5 Å². The van der Waals surface area contributed by atoms with Crippen LogP contribution in [0.3, 0.4) is 0 Å². The van der Waals surface area contributed by atoms with Crippen molar-refractivity contribution in [1.82, 2.24) is 9.29 Å². The van der Waals surface area contributed by atoms with Crippen LogP contribution >= 0.6 is 11.3 Å². The van der Waals surface area contributed by atoms with E-state index in [1.165, 1.54) is 27.8 Å². The molecule has 1 aromatic heterocycles. The Hall–Kier alpha value is -1.55. The Morgan fingerprint density at radius 3 is 2.67 bits per heavy atom. The van der Waals surface area contributed by atoms with E-state index in [9.17, 15) is 12.8 Å². The van der Waals surface area contributed by atoms with Crippen molar-refractivity contribution in [3.63, 3.8) is 0 Å². The maximum atomic E-state index is 12.9. The molecular formula is C15H18FN3O3S2. The summed E-state index contributed by atoms with van der Waals surface area (Å²) in [6.07, 6.45) is 0. The quantitative estimate of drug-likeness (QED) is 0.841. The first-order valence-corrected chi connectivity index (χ1v) is 10.0. The second kappa shape index (κ2) is 7.56. The number of nitrogens with zero attached hydrogens (tertiary/aromatic N) is 2. The second-order valence-electron chi connectivity index (χ2n) is 5.30. The first kappa shape index (κ1) is 17.3. The number of anilines is 1. The number of hydrogen-bond donors (Lipinski definition) is 1. The number of rotatable bonds is 6. The van der Waals surface area contributed by atoms with Crippen LogP contribution in [0.5, 0.6) is 0 Å². The van der Waals surface area contributed by atoms with Crippen molar-refractivity contribution in [2.75, 3.05) is 43.9 Å². The summed E-state index contributed by atoms with van der Waals surface area (Å²) in [6, 6.07) is 6.10. The van der Waals surface area contributed by atoms with Crippen LogP contribution in [0, 0.1) is 5.82 Å². The minimum absolute atomic E-state index is 0.0124. The third-order valence-electron chi connectivity index (χ3n) is 3.64. The standard InChI is InChI=1S/C15H18FN3O3S2/c16-13-3-1-12(2-4-13)14-11-23-15(18-14)17-5-10-24(20,21)19-6-8-22-9-7-19/h1-4,11H,5-10H2,(H,17,18). The SMILES string of the molecule is O=S(=O)(CCNc1nc(-c2ccc(F)cc2)cs1)N1CCOCC1. The van der Waals surface area contributed by atoms with E-state index in [1.54, 1.807) is 12.1 Å². The van der Waals surface area contributed by atoms with E-state index in [0.717, 1.165) is 11.3 Å². The van der Waals surface area contributed by atoms with Crippen LogP contribution in [0.15, 0.2) is 29.6 Å². The van der Waals surface area contributed by atoms with Crippen molar-refractivity contribution in [3.05, 3.63) is 35.5 Å². The third-order valence-corrected chi connectivity index (χ3v) is 6.32. The predicted molar refractivity (Wildman–Crippen MR) is 92.2 cm³/mol. The van der Waals surface area contributed by atoms with Crippen molar-refractivity contribution in [2.45, 2.75) is 0 Å². The van der Waals surface area contributed by atoms with Crippen LogP contribution in [-0.4, -0.2) is 56.3 Å². The van der Waals surface area contributed by atoms with Gasteiger partial charge in [0.2, 0.25) is 10.0 Å². The molecule has 0 spiro atoms. The highest BCUT2D eigenvalue weighted by atomic mass is 32.2. The molecule has 6 nitrogen and oxygen atoms in total. The maximum Gasteiger partial charge on any atom is 0.215 e. The maximum absolute atomic E-state index is 12.9. The molecule has 1 fully saturated rings. The Bertz CT molecular complexity index is 772. The smallest absolute Gasteiger partial charge is 0.215 e. The van der Waals surface area contributed by atoms with E-state index in [1.807, 2.05) is 5.38 Å². The summed E-state index contributed by atoms with van der Waals surface area (Å²) < 4.78 is 44.0. The van der Waals surface area contributed by atoms with Crippen LogP contribution in [0.2, 0.25) is 0 Å². The molecule has 1 N–H and O–H groups in total. The van der Waals surface area contributed by atoms with Gasteiger partial charge in [0.15, 0.2) is 5.13 Å². The third kappa shape index (κ3) is 4.29. The van der Waals surface area contributed by atoms with Crippen molar-refractivity contribution in [2.24, 2.45) is 0 Å². The lowest BCUT2D eigenvalue weighted by atomic mass is 10.2. The highest BCUT2D eigenvalue weighted by Crippen LogP contribution is 2.24. The van der Waals surface area contributed by atoms with Gasteiger partial charge in [0.25, 0.3) is 0 Å². The van der Waals surface area contributed by atoms with Crippen molar-refractivity contribution in [3.8, 4) is 11.3 Å². The monoisotopic (exact) mass is 371 g/mol. The molecule has 0 aliphatic carbocycles. The Morgan fingerprint density at radius 1 is 1.25 bits per heavy atom. The number of morpholine rings is 1. The molecule has 0 unspecified atom stereocenters. The molecule has 1 saturated heterocycles. The molecule has 9 heteroatoms. The minimum atomic E-state index is -3.28. The van der Waals surface area contributed by atoms with Gasteiger partial charge in [-0.25, -0.2) is 17.8 Å². The molecule has 2 heterocycles. The molecule has 3 rings (SSSR count). The average Bonchev–Trinajstić information content (AvgIpc) is 3.05. The lowest BCUT2D eigenvalue weighted by molar-refractivity contribution is 0.0731. The van der Waals surface area contributed by atoms with Crippen molar-refractivity contribution in [1.29, 1.82) is 0 Å². The van der Waals surface area contributed by atoms with Crippen LogP contribution in [0.1, 0.15) is 0 Å². The van der Waals surface area contributed by atoms with Gasteiger partial charge in [-0.1, -0.05) is 0 Å². The van der Waals surface area contributed by atoms with Gasteiger partial charge in [0.05, 0.1) is 24.7 Å². The Labute approximate surface area is 144 Å². The molecule has 0 radical (unpaired) electrons. The zero-order valence-corrected chi connectivity index (χ0v) is 14.6. The van der Waals surface area contributed by atoms with Crippen LogP contribution in [0.25, 0.3) is 11.3 Å². The minimum Gasteiger partial charge on any atom is -0.379 e. The van der Waals surface area contributed by atoms with Gasteiger partial charge in [-0.3, -0.25) is 0 Å². The number of ether oxygens (including phenoxy) is 1. The lowest BCUT2D eigenvalue weighted by Gasteiger charge is -2.25. The van der Waals surface area contributed by atoms with E-state index in [-0.39, 0.29) is 18.1 Å². The van der Waals surface area contributed by atoms with E-state index in [0.29, 0.717) is 31.4 Å². The zero-order valence-electron chi connectivity index (χ0n) is 12.9. The summed E-state index contributed by atoms with van der Waals surface area (Å²) in [6.45, 7) is 2.00. The molecular weight excluding hydrogens is 353 g/mol. The topological polar surface area (TPSA) is 71.5 Å². The fourth-order valence-corrected chi connectivity index (χ4v) is 4.42. The summed E-state index contributed by atoms with van der Waals surface area (Å²) in [4.78, 5) is 4.40. The predicted octanol–water partition coefficient (Wildman–Crippen LogP) is 2.02. The lowest BCUT2D eigenvalue weighted by Crippen LogP contribution is -2.42. The number of benzene rings is 1. The number of thiazole rings is 1. The summed E-state index contributed by atoms with van der Waals surface area (Å²) >= 11 is 1.39. The van der Waals surface area contributed by atoms with Gasteiger partial charge < -0.3 is 10.1 Å². The molecule has 0 bridgehead atoms. The molecule has 1 aliphatic heterocycles. The number of aromatic nitrogens is 1. The zero-order chi connectivity index (χ0) is 17.0. The summed E-state index contributed by atoms with van der Waals surface area (Å²) in [5, 5.41) is 5.54. The van der Waals surface area contributed by atoms with Gasteiger partial charge in [-0.2, -0.15) is 4.31 Å². The van der Waals surface area contributed by atoms with E-state index < -0.39 is 10.0 Å². The number of hydrogen-bond acceptors (Lipinski definition) is 6. The molecule has 0 atom stereocenters. The first-order valence-electron chi connectivity index (χ1n) is 7.55. The molecule has 0 saturated carbocycles. The molecule has 0 amide bonds. The van der Waals surface area contributed by atoms with Gasteiger partial charge in [-0.15, -0.1) is 11.3 Å². The van der Waals surface area contributed by atoms with E-state index >= 15 is 0 Å². The number of sulfonamides is 1. The van der Waals surface area contributed by atoms with Crippen LogP contribution in [0.4, 0.5) is 9.52 Å². The van der Waals surface area contributed by atoms with Gasteiger partial charge >= 0.3 is 0 Å². The second-order valence-corrected chi connectivity index (χ2v) is 8.25. The molecule has 1 aromatic carbocycles. The fourth-order valence-electron chi connectivity index (χ4n) is 2.35.